The van der Waals surface area contributed by atoms with Crippen LogP contribution in [-0.4, -0.2) is 59.1 Å². The maximum atomic E-state index is 12.4. The molecule has 29 heavy (non-hydrogen) atoms. The van der Waals surface area contributed by atoms with Crippen LogP contribution in [-0.2, 0) is 14.3 Å². The standard InChI is InChI=1S/C22H40N2O5/c1-16(2)13-24(15-25)22(14-28-22)12-19(26)18(11-17-9-7-6-8-10-17)23-20(27)29-21(3,4)5/h15-19,26H,6-14H2,1-5H3,(H,23,27)/t18-,19-,22+/m0/s1. The van der Waals surface area contributed by atoms with Crippen LogP contribution in [0.4, 0.5) is 4.79 Å². The predicted molar refractivity (Wildman–Crippen MR) is 111 cm³/mol. The third-order valence-electron chi connectivity index (χ3n) is 5.70. The zero-order valence-corrected chi connectivity index (χ0v) is 18.8. The number of hydrogen-bond acceptors (Lipinski definition) is 5. The summed E-state index contributed by atoms with van der Waals surface area (Å²) in [7, 11) is 0. The van der Waals surface area contributed by atoms with E-state index in [2.05, 4.69) is 5.32 Å². The first kappa shape index (κ1) is 23.9. The molecule has 0 aromatic rings. The Morgan fingerprint density at radius 1 is 1.31 bits per heavy atom. The van der Waals surface area contributed by atoms with E-state index in [1.165, 1.54) is 19.3 Å². The molecule has 0 unspecified atom stereocenters. The number of nitrogens with zero attached hydrogens (tertiary/aromatic N) is 1. The van der Waals surface area contributed by atoms with Crippen molar-refractivity contribution in [3.05, 3.63) is 0 Å². The molecule has 1 aliphatic carbocycles. The first-order valence-corrected chi connectivity index (χ1v) is 11.1. The molecular weight excluding hydrogens is 372 g/mol. The number of rotatable bonds is 10. The smallest absolute Gasteiger partial charge is 0.407 e. The van der Waals surface area contributed by atoms with Crippen LogP contribution in [0.3, 0.4) is 0 Å². The second kappa shape index (κ2) is 10.1. The number of aliphatic hydroxyl groups excluding tert-OH is 1. The van der Waals surface area contributed by atoms with Gasteiger partial charge in [-0.3, -0.25) is 4.79 Å². The van der Waals surface area contributed by atoms with Crippen LogP contribution in [0.5, 0.6) is 0 Å². The lowest BCUT2D eigenvalue weighted by molar-refractivity contribution is -0.126. The lowest BCUT2D eigenvalue weighted by Gasteiger charge is -2.34. The summed E-state index contributed by atoms with van der Waals surface area (Å²) >= 11 is 0. The van der Waals surface area contributed by atoms with E-state index >= 15 is 0 Å². The summed E-state index contributed by atoms with van der Waals surface area (Å²) in [6.45, 7) is 10.5. The minimum absolute atomic E-state index is 0.283. The van der Waals surface area contributed by atoms with Crippen molar-refractivity contribution in [2.75, 3.05) is 13.2 Å². The molecule has 2 N–H and O–H groups in total. The van der Waals surface area contributed by atoms with Crippen LogP contribution in [0.25, 0.3) is 0 Å². The van der Waals surface area contributed by atoms with Gasteiger partial charge in [0, 0.05) is 13.0 Å². The van der Waals surface area contributed by atoms with Crippen molar-refractivity contribution in [2.24, 2.45) is 11.8 Å². The van der Waals surface area contributed by atoms with E-state index in [1.54, 1.807) is 4.90 Å². The van der Waals surface area contributed by atoms with Gasteiger partial charge in [0.1, 0.15) is 5.60 Å². The second-order valence-corrected chi connectivity index (χ2v) is 10.2. The Balaban J connectivity index is 2.05. The zero-order valence-electron chi connectivity index (χ0n) is 18.8. The summed E-state index contributed by atoms with van der Waals surface area (Å²) in [5, 5.41) is 13.9. The van der Waals surface area contributed by atoms with Gasteiger partial charge in [-0.15, -0.1) is 0 Å². The van der Waals surface area contributed by atoms with E-state index in [0.29, 0.717) is 31.4 Å². The van der Waals surface area contributed by atoms with E-state index in [0.717, 1.165) is 19.3 Å². The monoisotopic (exact) mass is 412 g/mol. The van der Waals surface area contributed by atoms with Crippen molar-refractivity contribution in [3.63, 3.8) is 0 Å². The summed E-state index contributed by atoms with van der Waals surface area (Å²) in [5.74, 6) is 0.781. The summed E-state index contributed by atoms with van der Waals surface area (Å²) in [4.78, 5) is 25.6. The molecule has 2 rings (SSSR count). The number of amides is 2. The highest BCUT2D eigenvalue weighted by Crippen LogP contribution is 2.37. The maximum absolute atomic E-state index is 12.4. The normalized spacial score (nSPS) is 24.7. The van der Waals surface area contributed by atoms with Crippen molar-refractivity contribution in [1.82, 2.24) is 10.2 Å². The molecule has 0 aromatic heterocycles. The van der Waals surface area contributed by atoms with Crippen LogP contribution in [0, 0.1) is 11.8 Å². The van der Waals surface area contributed by atoms with Crippen molar-refractivity contribution in [1.29, 1.82) is 0 Å². The molecule has 1 heterocycles. The van der Waals surface area contributed by atoms with Gasteiger partial charge >= 0.3 is 6.09 Å². The van der Waals surface area contributed by atoms with E-state index in [4.69, 9.17) is 9.47 Å². The fraction of sp³-hybridized carbons (Fsp3) is 0.909. The van der Waals surface area contributed by atoms with Gasteiger partial charge in [-0.05, 0) is 39.0 Å². The van der Waals surface area contributed by atoms with Gasteiger partial charge in [-0.25, -0.2) is 4.79 Å². The number of epoxide rings is 1. The topological polar surface area (TPSA) is 91.4 Å². The number of carbonyl (C=O) groups is 2. The van der Waals surface area contributed by atoms with Crippen LogP contribution in [0.2, 0.25) is 0 Å². The average molecular weight is 413 g/mol. The zero-order chi connectivity index (χ0) is 21.7. The number of hydrogen-bond donors (Lipinski definition) is 2. The fourth-order valence-electron chi connectivity index (χ4n) is 4.21. The van der Waals surface area contributed by atoms with Crippen LogP contribution in [0.1, 0.15) is 79.6 Å². The molecule has 0 aromatic carbocycles. The molecule has 1 aliphatic heterocycles. The van der Waals surface area contributed by atoms with Crippen LogP contribution >= 0.6 is 0 Å². The predicted octanol–water partition coefficient (Wildman–Crippen LogP) is 3.44. The quantitative estimate of drug-likeness (QED) is 0.424. The lowest BCUT2D eigenvalue weighted by Crippen LogP contribution is -2.50. The Morgan fingerprint density at radius 2 is 1.93 bits per heavy atom. The molecule has 0 radical (unpaired) electrons. The van der Waals surface area contributed by atoms with Crippen molar-refractivity contribution in [3.8, 4) is 0 Å². The van der Waals surface area contributed by atoms with Gasteiger partial charge in [-0.2, -0.15) is 0 Å². The number of aliphatic hydroxyl groups is 1. The molecule has 168 valence electrons. The first-order chi connectivity index (χ1) is 13.5. The fourth-order valence-corrected chi connectivity index (χ4v) is 4.21. The average Bonchev–Trinajstić information content (AvgIpc) is 3.38. The van der Waals surface area contributed by atoms with Crippen molar-refractivity contribution in [2.45, 2.75) is 103 Å². The van der Waals surface area contributed by atoms with Crippen LogP contribution in [0.15, 0.2) is 0 Å². The lowest BCUT2D eigenvalue weighted by atomic mass is 9.83. The highest BCUT2D eigenvalue weighted by molar-refractivity contribution is 5.68. The van der Waals surface area contributed by atoms with Crippen LogP contribution < -0.4 is 5.32 Å². The third-order valence-corrected chi connectivity index (χ3v) is 5.70. The maximum Gasteiger partial charge on any atom is 0.407 e. The summed E-state index contributed by atoms with van der Waals surface area (Å²) in [6.07, 6.45) is 6.34. The SMILES string of the molecule is CC(C)CN(C=O)[C@@]1(C[C@H](O)[C@H](CC2CCCCC2)NC(=O)OC(C)(C)C)CO1. The first-order valence-electron chi connectivity index (χ1n) is 11.1. The Bertz CT molecular complexity index is 536. The van der Waals surface area contributed by atoms with Gasteiger partial charge in [0.15, 0.2) is 5.72 Å². The Kier molecular flexibility index (Phi) is 8.35. The molecule has 2 amide bonds. The van der Waals surface area contributed by atoms with E-state index in [-0.39, 0.29) is 6.42 Å². The molecule has 1 saturated carbocycles. The van der Waals surface area contributed by atoms with Gasteiger partial charge in [-0.1, -0.05) is 46.0 Å². The number of carbonyl (C=O) groups excluding carboxylic acids is 2. The molecule has 1 saturated heterocycles. The van der Waals surface area contributed by atoms with Crippen molar-refractivity contribution < 1.29 is 24.2 Å². The van der Waals surface area contributed by atoms with Gasteiger partial charge in [0.25, 0.3) is 0 Å². The molecule has 0 bridgehead atoms. The Labute approximate surface area is 175 Å². The summed E-state index contributed by atoms with van der Waals surface area (Å²) in [6, 6.07) is -0.429. The number of ether oxygens (including phenoxy) is 2. The minimum atomic E-state index is -0.818. The highest BCUT2D eigenvalue weighted by Gasteiger charge is 2.52. The number of nitrogens with one attached hydrogen (secondary N) is 1. The minimum Gasteiger partial charge on any atom is -0.444 e. The van der Waals surface area contributed by atoms with E-state index in [1.807, 2.05) is 34.6 Å². The second-order valence-electron chi connectivity index (χ2n) is 10.2. The van der Waals surface area contributed by atoms with Gasteiger partial charge in [0.2, 0.25) is 6.41 Å². The molecule has 2 aliphatic rings. The van der Waals surface area contributed by atoms with Gasteiger partial charge in [0.05, 0.1) is 18.8 Å². The van der Waals surface area contributed by atoms with E-state index in [9.17, 15) is 14.7 Å². The molecular formula is C22H40N2O5. The van der Waals surface area contributed by atoms with Crippen molar-refractivity contribution >= 4 is 12.5 Å². The highest BCUT2D eigenvalue weighted by atomic mass is 16.6. The molecule has 7 heteroatoms. The molecule has 7 nitrogen and oxygen atoms in total. The summed E-state index contributed by atoms with van der Waals surface area (Å²) < 4.78 is 11.1. The van der Waals surface area contributed by atoms with Gasteiger partial charge < -0.3 is 24.8 Å². The Morgan fingerprint density at radius 3 is 2.41 bits per heavy atom. The van der Waals surface area contributed by atoms with E-state index < -0.39 is 29.6 Å². The number of alkyl carbamates (subject to hydrolysis) is 1. The summed E-state index contributed by atoms with van der Waals surface area (Å²) in [5.41, 5.74) is -1.36. The molecule has 3 atom stereocenters. The third kappa shape index (κ3) is 7.78. The largest absolute Gasteiger partial charge is 0.444 e. The molecule has 2 fully saturated rings. The Hall–Kier alpha value is -1.34. The molecule has 0 spiro atoms.